The lowest BCUT2D eigenvalue weighted by Crippen LogP contribution is -2.47. The summed E-state index contributed by atoms with van der Waals surface area (Å²) in [6.45, 7) is 0. The van der Waals surface area contributed by atoms with E-state index in [4.69, 9.17) is 10.8 Å². The van der Waals surface area contributed by atoms with E-state index in [9.17, 15) is 19.5 Å². The van der Waals surface area contributed by atoms with Crippen LogP contribution in [0.15, 0.2) is 60.7 Å². The van der Waals surface area contributed by atoms with Crippen molar-refractivity contribution in [3.8, 4) is 0 Å². The summed E-state index contributed by atoms with van der Waals surface area (Å²) >= 11 is 0. The molecule has 0 aliphatic carbocycles. The second-order valence-electron chi connectivity index (χ2n) is 5.80. The molecule has 7 nitrogen and oxygen atoms in total. The Bertz CT molecular complexity index is 738. The molecule has 0 fully saturated rings. The van der Waals surface area contributed by atoms with Crippen LogP contribution in [0.5, 0.6) is 0 Å². The van der Waals surface area contributed by atoms with Gasteiger partial charge < -0.3 is 15.9 Å². The van der Waals surface area contributed by atoms with Gasteiger partial charge in [-0.15, -0.1) is 0 Å². The van der Waals surface area contributed by atoms with Crippen LogP contribution < -0.4 is 11.1 Å². The van der Waals surface area contributed by atoms with Gasteiger partial charge in [0, 0.05) is 6.42 Å². The number of benzene rings is 2. The van der Waals surface area contributed by atoms with Crippen LogP contribution in [-0.2, 0) is 20.0 Å². The van der Waals surface area contributed by atoms with E-state index in [0.29, 0.717) is 11.1 Å². The van der Waals surface area contributed by atoms with Gasteiger partial charge in [-0.3, -0.25) is 19.7 Å². The molecule has 7 heteroatoms. The maximum atomic E-state index is 12.7. The van der Waals surface area contributed by atoms with Gasteiger partial charge in [-0.05, 0) is 17.5 Å². The van der Waals surface area contributed by atoms with E-state index >= 15 is 0 Å². The second-order valence-corrected chi connectivity index (χ2v) is 5.80. The molecule has 0 spiro atoms. The number of hydrogen-bond donors (Lipinski definition) is 4. The number of aliphatic carboxylic acids is 1. The molecule has 0 aromatic heterocycles. The molecular formula is C19H20N2O5. The fraction of sp³-hybridized carbons (Fsp3) is 0.211. The summed E-state index contributed by atoms with van der Waals surface area (Å²) in [6.07, 6.45) is -0.373. The van der Waals surface area contributed by atoms with Crippen molar-refractivity contribution in [1.82, 2.24) is 5.32 Å². The molecule has 2 aromatic rings. The highest BCUT2D eigenvalue weighted by Gasteiger charge is 2.40. The highest BCUT2D eigenvalue weighted by atomic mass is 16.4. The Balaban J connectivity index is 2.22. The molecule has 136 valence electrons. The third-order valence-corrected chi connectivity index (χ3v) is 3.96. The van der Waals surface area contributed by atoms with E-state index < -0.39 is 29.4 Å². The van der Waals surface area contributed by atoms with Crippen LogP contribution >= 0.6 is 0 Å². The quantitative estimate of drug-likeness (QED) is 0.579. The zero-order valence-corrected chi connectivity index (χ0v) is 14.0. The van der Waals surface area contributed by atoms with Gasteiger partial charge in [-0.25, -0.2) is 0 Å². The standard InChI is InChI=1S/C19H20N2O5/c20-15(17(23)24)11-12-16(22)21-18(25)19(26,13-7-3-1-4-8-13)14-9-5-2-6-10-14/h1-10,15,26H,11-12,20H2,(H,23,24)(H,21,22,25)/t15-/m0/s1. The van der Waals surface area contributed by atoms with Crippen molar-refractivity contribution in [1.29, 1.82) is 0 Å². The molecule has 0 aliphatic heterocycles. The van der Waals surface area contributed by atoms with Crippen molar-refractivity contribution < 1.29 is 24.6 Å². The predicted molar refractivity (Wildman–Crippen MR) is 93.9 cm³/mol. The van der Waals surface area contributed by atoms with Crippen LogP contribution in [0.2, 0.25) is 0 Å². The van der Waals surface area contributed by atoms with Crippen LogP contribution in [0.3, 0.4) is 0 Å². The van der Waals surface area contributed by atoms with Gasteiger partial charge in [0.05, 0.1) is 0 Å². The van der Waals surface area contributed by atoms with E-state index in [-0.39, 0.29) is 12.8 Å². The number of aliphatic hydroxyl groups is 1. The Kier molecular flexibility index (Phi) is 6.21. The number of carboxylic acids is 1. The number of amides is 2. The van der Waals surface area contributed by atoms with Crippen LogP contribution in [-0.4, -0.2) is 34.0 Å². The molecule has 2 rings (SSSR count). The van der Waals surface area contributed by atoms with Crippen molar-refractivity contribution >= 4 is 17.8 Å². The van der Waals surface area contributed by atoms with Crippen molar-refractivity contribution in [3.63, 3.8) is 0 Å². The van der Waals surface area contributed by atoms with Crippen LogP contribution in [0, 0.1) is 0 Å². The van der Waals surface area contributed by atoms with Gasteiger partial charge in [0.25, 0.3) is 5.91 Å². The Morgan fingerprint density at radius 1 is 0.962 bits per heavy atom. The molecule has 0 aliphatic rings. The molecule has 0 unspecified atom stereocenters. The Morgan fingerprint density at radius 3 is 1.85 bits per heavy atom. The average Bonchev–Trinajstić information content (AvgIpc) is 2.66. The molecule has 0 saturated carbocycles. The smallest absolute Gasteiger partial charge is 0.320 e. The van der Waals surface area contributed by atoms with Crippen LogP contribution in [0.4, 0.5) is 0 Å². The molecule has 0 saturated heterocycles. The first-order chi connectivity index (χ1) is 12.4. The molecule has 0 radical (unpaired) electrons. The number of nitrogens with two attached hydrogens (primary N) is 1. The van der Waals surface area contributed by atoms with E-state index in [1.165, 1.54) is 0 Å². The van der Waals surface area contributed by atoms with E-state index in [0.717, 1.165) is 0 Å². The predicted octanol–water partition coefficient (Wildman–Crippen LogP) is 0.757. The lowest BCUT2D eigenvalue weighted by molar-refractivity contribution is -0.141. The topological polar surface area (TPSA) is 130 Å². The van der Waals surface area contributed by atoms with Gasteiger partial charge in [0.2, 0.25) is 5.91 Å². The minimum absolute atomic E-state index is 0.121. The van der Waals surface area contributed by atoms with E-state index in [1.54, 1.807) is 60.7 Å². The molecule has 0 heterocycles. The summed E-state index contributed by atoms with van der Waals surface area (Å²) in [5.74, 6) is -2.85. The van der Waals surface area contributed by atoms with Crippen LogP contribution in [0.25, 0.3) is 0 Å². The van der Waals surface area contributed by atoms with Gasteiger partial charge in [-0.1, -0.05) is 60.7 Å². The first kappa shape index (κ1) is 19.3. The minimum atomic E-state index is -2.06. The van der Waals surface area contributed by atoms with Gasteiger partial charge in [0.1, 0.15) is 6.04 Å². The van der Waals surface area contributed by atoms with Crippen molar-refractivity contribution in [2.45, 2.75) is 24.5 Å². The second kappa shape index (κ2) is 8.37. The van der Waals surface area contributed by atoms with Crippen LogP contribution in [0.1, 0.15) is 24.0 Å². The van der Waals surface area contributed by atoms with Crippen molar-refractivity contribution in [2.24, 2.45) is 5.73 Å². The molecular weight excluding hydrogens is 336 g/mol. The largest absolute Gasteiger partial charge is 0.480 e. The fourth-order valence-corrected chi connectivity index (χ4v) is 2.48. The molecule has 2 amide bonds. The zero-order valence-electron chi connectivity index (χ0n) is 14.0. The number of carbonyl (C=O) groups is 3. The molecule has 1 atom stereocenters. The fourth-order valence-electron chi connectivity index (χ4n) is 2.48. The highest BCUT2D eigenvalue weighted by molar-refractivity contribution is 6.01. The van der Waals surface area contributed by atoms with Crippen molar-refractivity contribution in [2.75, 3.05) is 0 Å². The van der Waals surface area contributed by atoms with E-state index in [1.807, 2.05) is 0 Å². The Labute approximate surface area is 150 Å². The van der Waals surface area contributed by atoms with Gasteiger partial charge in [-0.2, -0.15) is 0 Å². The molecule has 0 bridgehead atoms. The lowest BCUT2D eigenvalue weighted by atomic mass is 9.85. The summed E-state index contributed by atoms with van der Waals surface area (Å²) in [7, 11) is 0. The summed E-state index contributed by atoms with van der Waals surface area (Å²) in [5.41, 5.74) is 3.90. The molecule has 2 aromatic carbocycles. The molecule has 26 heavy (non-hydrogen) atoms. The normalized spacial score (nSPS) is 12.2. The summed E-state index contributed by atoms with van der Waals surface area (Å²) in [4.78, 5) is 35.4. The highest BCUT2D eigenvalue weighted by Crippen LogP contribution is 2.29. The zero-order chi connectivity index (χ0) is 19.2. The number of carbonyl (C=O) groups excluding carboxylic acids is 2. The van der Waals surface area contributed by atoms with E-state index in [2.05, 4.69) is 5.32 Å². The monoisotopic (exact) mass is 356 g/mol. The number of imide groups is 1. The summed E-state index contributed by atoms with van der Waals surface area (Å²) < 4.78 is 0. The first-order valence-electron chi connectivity index (χ1n) is 8.01. The maximum absolute atomic E-state index is 12.7. The first-order valence-corrected chi connectivity index (χ1v) is 8.01. The average molecular weight is 356 g/mol. The third kappa shape index (κ3) is 4.33. The Hall–Kier alpha value is -3.03. The summed E-state index contributed by atoms with van der Waals surface area (Å²) in [6, 6.07) is 15.3. The number of nitrogens with one attached hydrogen (secondary N) is 1. The minimum Gasteiger partial charge on any atom is -0.480 e. The Morgan fingerprint density at radius 2 is 1.42 bits per heavy atom. The summed E-state index contributed by atoms with van der Waals surface area (Å²) in [5, 5.41) is 22.0. The number of carboxylic acid groups (broad SMARTS) is 1. The maximum Gasteiger partial charge on any atom is 0.320 e. The van der Waals surface area contributed by atoms with Gasteiger partial charge >= 0.3 is 5.97 Å². The molecule has 5 N–H and O–H groups in total. The SMILES string of the molecule is N[C@@H](CCC(=O)NC(=O)C(O)(c1ccccc1)c1ccccc1)C(=O)O. The van der Waals surface area contributed by atoms with Gasteiger partial charge in [0.15, 0.2) is 5.60 Å². The number of hydrogen-bond acceptors (Lipinski definition) is 5. The lowest BCUT2D eigenvalue weighted by Gasteiger charge is -2.27. The third-order valence-electron chi connectivity index (χ3n) is 3.96. The van der Waals surface area contributed by atoms with Crippen molar-refractivity contribution in [3.05, 3.63) is 71.8 Å². The number of rotatable bonds is 7.